The van der Waals surface area contributed by atoms with Crippen LogP contribution >= 0.6 is 0 Å². The van der Waals surface area contributed by atoms with Crippen molar-refractivity contribution in [1.82, 2.24) is 20.1 Å². The zero-order valence-corrected chi connectivity index (χ0v) is 36.8. The van der Waals surface area contributed by atoms with E-state index in [-0.39, 0.29) is 71.3 Å². The number of aliphatic imine (C=N–C) groups is 1. The highest BCUT2D eigenvalue weighted by Crippen LogP contribution is 2.45. The van der Waals surface area contributed by atoms with Crippen LogP contribution in [0, 0.1) is 11.8 Å². The van der Waals surface area contributed by atoms with Crippen LogP contribution in [0.3, 0.4) is 0 Å². The Labute approximate surface area is 360 Å². The van der Waals surface area contributed by atoms with E-state index in [2.05, 4.69) is 92.2 Å². The summed E-state index contributed by atoms with van der Waals surface area (Å²) in [5.74, 6) is 0.587. The number of rotatable bonds is 11. The fourth-order valence-corrected chi connectivity index (χ4v) is 9.82. The molecule has 0 saturated carbocycles. The summed E-state index contributed by atoms with van der Waals surface area (Å²) < 4.78 is 12.9. The van der Waals surface area contributed by atoms with E-state index in [1.165, 1.54) is 17.2 Å². The van der Waals surface area contributed by atoms with Gasteiger partial charge in [-0.15, -0.1) is 0 Å². The number of aromatic nitrogens is 1. The zero-order chi connectivity index (χ0) is 43.3. The number of nitrogens with one attached hydrogen (secondary N) is 1. The zero-order valence-electron chi connectivity index (χ0n) is 36.8. The number of nitrogens with two attached hydrogens (primary N) is 1. The fourth-order valence-electron chi connectivity index (χ4n) is 9.82. The number of ether oxygens (including phenoxy) is 1. The van der Waals surface area contributed by atoms with Crippen molar-refractivity contribution in [2.75, 3.05) is 18.0 Å². The Morgan fingerprint density at radius 2 is 1.57 bits per heavy atom. The van der Waals surface area contributed by atoms with Crippen molar-refractivity contribution < 1.29 is 23.5 Å². The summed E-state index contributed by atoms with van der Waals surface area (Å²) in [4.78, 5) is 55.9. The van der Waals surface area contributed by atoms with Gasteiger partial charge in [-0.05, 0) is 109 Å². The number of hydrogen-bond donors (Lipinski definition) is 2. The average Bonchev–Trinajstić information content (AvgIpc) is 4.09. The number of benzene rings is 2. The molecule has 0 spiro atoms. The molecule has 8 atom stereocenters. The van der Waals surface area contributed by atoms with E-state index in [1.807, 2.05) is 43.6 Å². The average molecular weight is 830 g/mol. The monoisotopic (exact) mass is 829 g/mol. The van der Waals surface area contributed by atoms with Gasteiger partial charge < -0.3 is 34.9 Å². The molecule has 4 aliphatic heterocycles. The topological polar surface area (TPSA) is 147 Å². The Bertz CT molecular complexity index is 2250. The number of anilines is 1. The highest BCUT2D eigenvalue weighted by Gasteiger charge is 2.44. The van der Waals surface area contributed by atoms with Gasteiger partial charge in [-0.3, -0.25) is 14.4 Å². The van der Waals surface area contributed by atoms with Crippen molar-refractivity contribution in [3.8, 4) is 0 Å². The number of amides is 3. The third kappa shape index (κ3) is 8.27. The summed E-state index contributed by atoms with van der Waals surface area (Å²) >= 11 is 0. The van der Waals surface area contributed by atoms with Crippen LogP contribution in [-0.2, 0) is 24.5 Å². The minimum atomic E-state index is -0.668. The molecule has 5 aliphatic rings. The summed E-state index contributed by atoms with van der Waals surface area (Å²) in [5, 5.41) is 2.83. The first kappa shape index (κ1) is 42.5. The number of carbonyl (C=O) groups excluding carboxylic acids is 3. The Balaban J connectivity index is 1.07. The van der Waals surface area contributed by atoms with Gasteiger partial charge in [0, 0.05) is 18.8 Å². The molecule has 0 bridgehead atoms. The van der Waals surface area contributed by atoms with Gasteiger partial charge >= 0.3 is 0 Å². The lowest BCUT2D eigenvalue weighted by Crippen LogP contribution is -2.50. The van der Waals surface area contributed by atoms with Gasteiger partial charge in [0.1, 0.15) is 35.8 Å². The first-order valence-electron chi connectivity index (χ1n) is 22.4. The molecule has 3 N–H and O–H groups in total. The molecule has 12 heteroatoms. The Morgan fingerprint density at radius 1 is 0.885 bits per heavy atom. The van der Waals surface area contributed by atoms with E-state index in [4.69, 9.17) is 24.9 Å². The quantitative estimate of drug-likeness (QED) is 0.190. The number of oxazole rings is 1. The Hall–Kier alpha value is -5.23. The lowest BCUT2D eigenvalue weighted by atomic mass is 9.87. The number of hydrogen-bond acceptors (Lipinski definition) is 9. The summed E-state index contributed by atoms with van der Waals surface area (Å²) in [7, 11) is 0. The van der Waals surface area contributed by atoms with Crippen LogP contribution in [0.15, 0.2) is 88.3 Å². The second kappa shape index (κ2) is 16.9. The van der Waals surface area contributed by atoms with Crippen LogP contribution in [0.1, 0.15) is 116 Å². The SMILES string of the molecule is C=CC(=O)N[C@H](C(=O)N1CCC[C@H]1c1nc2cc([C@H]3CC[C@H](C4=CC5N=C([C@@H]6CCCN6C(=O)[C@@H](N)C(C)C)OC5C=C4)N3c3ccc(C(C)(C)C)cc3)ccc2o1)C(C)C. The maximum atomic E-state index is 13.9. The molecule has 3 aromatic rings. The molecule has 0 radical (unpaired) electrons. The van der Waals surface area contributed by atoms with E-state index >= 15 is 0 Å². The van der Waals surface area contributed by atoms with Gasteiger partial charge in [-0.25, -0.2) is 9.98 Å². The van der Waals surface area contributed by atoms with Crippen LogP contribution < -0.4 is 16.0 Å². The van der Waals surface area contributed by atoms with Gasteiger partial charge in [0.05, 0.1) is 18.1 Å². The highest BCUT2D eigenvalue weighted by molar-refractivity contribution is 5.93. The van der Waals surface area contributed by atoms with Crippen molar-refractivity contribution >= 4 is 40.4 Å². The Kier molecular flexibility index (Phi) is 11.8. The van der Waals surface area contributed by atoms with Crippen molar-refractivity contribution in [3.63, 3.8) is 0 Å². The lowest BCUT2D eigenvalue weighted by Gasteiger charge is -2.35. The molecular weight excluding hydrogens is 767 g/mol. The normalized spacial score (nSPS) is 26.1. The molecule has 5 heterocycles. The van der Waals surface area contributed by atoms with Crippen LogP contribution in [0.2, 0.25) is 0 Å². The third-order valence-electron chi connectivity index (χ3n) is 13.4. The smallest absolute Gasteiger partial charge is 0.246 e. The molecule has 61 heavy (non-hydrogen) atoms. The maximum Gasteiger partial charge on any atom is 0.246 e. The van der Waals surface area contributed by atoms with Crippen molar-refractivity contribution in [1.29, 1.82) is 0 Å². The molecule has 3 fully saturated rings. The van der Waals surface area contributed by atoms with Gasteiger partial charge in [0.2, 0.25) is 29.5 Å². The molecule has 2 unspecified atom stereocenters. The first-order chi connectivity index (χ1) is 29.1. The van der Waals surface area contributed by atoms with Gasteiger partial charge in [0.25, 0.3) is 0 Å². The minimum absolute atomic E-state index is 0.0218. The van der Waals surface area contributed by atoms with Crippen molar-refractivity contribution in [2.45, 2.75) is 141 Å². The Morgan fingerprint density at radius 3 is 2.25 bits per heavy atom. The summed E-state index contributed by atoms with van der Waals surface area (Å²) in [6, 6.07) is 13.6. The summed E-state index contributed by atoms with van der Waals surface area (Å²) in [6.07, 6.45) is 12.8. The largest absolute Gasteiger partial charge is 0.469 e. The minimum Gasteiger partial charge on any atom is -0.469 e. The molecule has 3 amide bonds. The van der Waals surface area contributed by atoms with Crippen LogP contribution in [0.4, 0.5) is 5.69 Å². The number of fused-ring (bicyclic) bond motifs is 2. The first-order valence-corrected chi connectivity index (χ1v) is 22.4. The second-order valence-corrected chi connectivity index (χ2v) is 19.2. The van der Waals surface area contributed by atoms with Crippen molar-refractivity contribution in [2.24, 2.45) is 22.6 Å². The standard InChI is InChI=1S/C49H63N7O5/c1-9-42(57)53-44(29(4)5)48(59)55-25-11-13-39(55)46-52-35-27-31(15-23-41(35)61-46)37-21-20-36(56(37)33-18-16-32(17-19-33)49(6,7)8)30-14-22-40-34(26-30)51-45(60-40)38-12-10-24-54(38)47(58)43(50)28(2)3/h9,14-19,22-23,26-29,34,36-40,43-44H,1,10-13,20-21,24-25,50H2,2-8H3,(H,53,57)/t34?,36-,37-,38+,39+,40?,43+,44+/m1/s1. The predicted molar refractivity (Wildman–Crippen MR) is 239 cm³/mol. The van der Waals surface area contributed by atoms with E-state index < -0.39 is 12.1 Å². The molecule has 1 aliphatic carbocycles. The van der Waals surface area contributed by atoms with Gasteiger partial charge in [0.15, 0.2) is 5.58 Å². The van der Waals surface area contributed by atoms with Gasteiger partial charge in [-0.1, -0.05) is 85.4 Å². The molecule has 8 rings (SSSR count). The second-order valence-electron chi connectivity index (χ2n) is 19.2. The van der Waals surface area contributed by atoms with Gasteiger partial charge in [-0.2, -0.15) is 0 Å². The third-order valence-corrected chi connectivity index (χ3v) is 13.4. The summed E-state index contributed by atoms with van der Waals surface area (Å²) in [5.41, 5.74) is 12.6. The van der Waals surface area contributed by atoms with Crippen molar-refractivity contribution in [3.05, 3.63) is 95.9 Å². The number of likely N-dealkylation sites (tertiary alicyclic amines) is 2. The van der Waals surface area contributed by atoms with E-state index in [1.54, 1.807) is 0 Å². The van der Waals surface area contributed by atoms with E-state index in [9.17, 15) is 14.4 Å². The molecular formula is C49H63N7O5. The molecule has 2 aromatic carbocycles. The molecule has 1 aromatic heterocycles. The maximum absolute atomic E-state index is 13.9. The molecule has 12 nitrogen and oxygen atoms in total. The van der Waals surface area contributed by atoms with Crippen LogP contribution in [0.5, 0.6) is 0 Å². The van der Waals surface area contributed by atoms with Crippen LogP contribution in [-0.4, -0.2) is 87.8 Å². The van der Waals surface area contributed by atoms with E-state index in [0.717, 1.165) is 55.3 Å². The lowest BCUT2D eigenvalue weighted by molar-refractivity contribution is -0.138. The number of nitrogens with zero attached hydrogens (tertiary/aromatic N) is 5. The number of carbonyl (C=O) groups is 3. The fraction of sp³-hybridized carbons (Fsp3) is 0.531. The molecule has 3 saturated heterocycles. The molecule has 324 valence electrons. The van der Waals surface area contributed by atoms with Crippen LogP contribution in [0.25, 0.3) is 11.1 Å². The highest BCUT2D eigenvalue weighted by atomic mass is 16.5. The summed E-state index contributed by atoms with van der Waals surface area (Å²) in [6.45, 7) is 19.3. The predicted octanol–water partition coefficient (Wildman–Crippen LogP) is 7.46. The van der Waals surface area contributed by atoms with E-state index in [0.29, 0.717) is 30.5 Å².